The second-order valence-corrected chi connectivity index (χ2v) is 7.06. The Labute approximate surface area is 166 Å². The van der Waals surface area contributed by atoms with Crippen molar-refractivity contribution in [3.8, 4) is 5.88 Å². The van der Waals surface area contributed by atoms with Crippen molar-refractivity contribution in [1.82, 2.24) is 4.98 Å². The molecular weight excluding hydrogens is 356 g/mol. The number of aromatic nitrogens is 1. The monoisotopic (exact) mass is 384 g/mol. The van der Waals surface area contributed by atoms with Crippen LogP contribution in [0.2, 0.25) is 0 Å². The van der Waals surface area contributed by atoms with Gasteiger partial charge in [0.05, 0.1) is 14.2 Å². The molecule has 0 saturated carbocycles. The average molecular weight is 384 g/mol. The number of hydrogen-bond donors (Lipinski definition) is 1. The van der Waals surface area contributed by atoms with Crippen LogP contribution in [0.4, 0.5) is 17.2 Å². The molecular formula is C21H28N4O3. The lowest BCUT2D eigenvalue weighted by Gasteiger charge is -2.34. The molecule has 3 rings (SSSR count). The van der Waals surface area contributed by atoms with E-state index in [9.17, 15) is 4.79 Å². The molecule has 2 aromatic rings. The largest absolute Gasteiger partial charge is 0.480 e. The van der Waals surface area contributed by atoms with E-state index in [1.54, 1.807) is 12.1 Å². The number of nitrogens with one attached hydrogen (secondary N) is 1. The Morgan fingerprint density at radius 3 is 2.36 bits per heavy atom. The second kappa shape index (κ2) is 8.82. The highest BCUT2D eigenvalue weighted by atomic mass is 16.5. The number of nitrogens with zero attached hydrogens (tertiary/aromatic N) is 3. The fourth-order valence-corrected chi connectivity index (χ4v) is 3.39. The number of benzene rings is 1. The van der Waals surface area contributed by atoms with Crippen LogP contribution in [0.3, 0.4) is 0 Å². The van der Waals surface area contributed by atoms with Crippen LogP contribution in [0.1, 0.15) is 23.2 Å². The summed E-state index contributed by atoms with van der Waals surface area (Å²) in [5, 5.41) is 3.46. The summed E-state index contributed by atoms with van der Waals surface area (Å²) in [6, 6.07) is 12.5. The number of anilines is 3. The van der Waals surface area contributed by atoms with Crippen molar-refractivity contribution in [3.05, 3.63) is 42.0 Å². The molecule has 150 valence electrons. The first-order valence-corrected chi connectivity index (χ1v) is 9.44. The number of piperidine rings is 1. The first-order chi connectivity index (χ1) is 13.5. The van der Waals surface area contributed by atoms with Crippen molar-refractivity contribution < 1.29 is 14.3 Å². The van der Waals surface area contributed by atoms with Crippen molar-refractivity contribution in [2.24, 2.45) is 0 Å². The van der Waals surface area contributed by atoms with Gasteiger partial charge in [-0.3, -0.25) is 0 Å². The SMILES string of the molecule is COC(=O)c1ccc(NC2CCN(c3ccc(N(C)C)cc3)CC2)nc1OC. The van der Waals surface area contributed by atoms with Crippen molar-refractivity contribution >= 4 is 23.2 Å². The van der Waals surface area contributed by atoms with Gasteiger partial charge in [0.15, 0.2) is 0 Å². The summed E-state index contributed by atoms with van der Waals surface area (Å²) in [6.45, 7) is 1.96. The average Bonchev–Trinajstić information content (AvgIpc) is 2.73. The molecule has 0 radical (unpaired) electrons. The summed E-state index contributed by atoms with van der Waals surface area (Å²) in [4.78, 5) is 20.7. The summed E-state index contributed by atoms with van der Waals surface area (Å²) >= 11 is 0. The van der Waals surface area contributed by atoms with E-state index in [0.29, 0.717) is 17.4 Å². The first kappa shape index (κ1) is 19.8. The van der Waals surface area contributed by atoms with Gasteiger partial charge in [-0.15, -0.1) is 0 Å². The predicted octanol–water partition coefficient (Wildman–Crippen LogP) is 3.02. The number of methoxy groups -OCH3 is 2. The number of ether oxygens (including phenoxy) is 2. The lowest BCUT2D eigenvalue weighted by molar-refractivity contribution is 0.0596. The molecule has 1 aromatic heterocycles. The van der Waals surface area contributed by atoms with Crippen molar-refractivity contribution in [1.29, 1.82) is 0 Å². The van der Waals surface area contributed by atoms with Crippen LogP contribution in [0.15, 0.2) is 36.4 Å². The maximum absolute atomic E-state index is 11.8. The van der Waals surface area contributed by atoms with E-state index in [0.717, 1.165) is 25.9 Å². The molecule has 7 heteroatoms. The van der Waals surface area contributed by atoms with E-state index in [1.165, 1.54) is 25.6 Å². The Morgan fingerprint density at radius 2 is 1.79 bits per heavy atom. The zero-order valence-corrected chi connectivity index (χ0v) is 16.9. The maximum Gasteiger partial charge on any atom is 0.343 e. The zero-order valence-electron chi connectivity index (χ0n) is 16.9. The Morgan fingerprint density at radius 1 is 1.11 bits per heavy atom. The molecule has 0 atom stereocenters. The van der Waals surface area contributed by atoms with E-state index in [-0.39, 0.29) is 5.88 Å². The van der Waals surface area contributed by atoms with Crippen LogP contribution in [0.5, 0.6) is 5.88 Å². The standard InChI is InChI=1S/C21H28N4O3/c1-24(2)16-5-7-17(8-6-16)25-13-11-15(12-14-25)22-19-10-9-18(21(26)28-4)20(23-19)27-3/h5-10,15H,11-14H2,1-4H3,(H,22,23). The lowest BCUT2D eigenvalue weighted by Crippen LogP contribution is -2.39. The van der Waals surface area contributed by atoms with Crippen LogP contribution >= 0.6 is 0 Å². The van der Waals surface area contributed by atoms with E-state index in [1.807, 2.05) is 14.1 Å². The first-order valence-electron chi connectivity index (χ1n) is 9.44. The third kappa shape index (κ3) is 4.47. The molecule has 0 amide bonds. The van der Waals surface area contributed by atoms with Crippen LogP contribution in [0.25, 0.3) is 0 Å². The Hall–Kier alpha value is -2.96. The highest BCUT2D eigenvalue weighted by Gasteiger charge is 2.21. The Kier molecular flexibility index (Phi) is 6.23. The normalized spacial score (nSPS) is 14.5. The number of carbonyl (C=O) groups excluding carboxylic acids is 1. The van der Waals surface area contributed by atoms with Gasteiger partial charge in [-0.2, -0.15) is 4.98 Å². The number of hydrogen-bond acceptors (Lipinski definition) is 7. The van der Waals surface area contributed by atoms with Gasteiger partial charge >= 0.3 is 5.97 Å². The number of pyridine rings is 1. The van der Waals surface area contributed by atoms with E-state index < -0.39 is 5.97 Å². The summed E-state index contributed by atoms with van der Waals surface area (Å²) in [6.07, 6.45) is 2.02. The lowest BCUT2D eigenvalue weighted by atomic mass is 10.0. The topological polar surface area (TPSA) is 66.9 Å². The van der Waals surface area contributed by atoms with Crippen molar-refractivity contribution in [2.45, 2.75) is 18.9 Å². The fraction of sp³-hybridized carbons (Fsp3) is 0.429. The minimum atomic E-state index is -0.454. The smallest absolute Gasteiger partial charge is 0.343 e. The highest BCUT2D eigenvalue weighted by Crippen LogP contribution is 2.25. The van der Waals surface area contributed by atoms with E-state index >= 15 is 0 Å². The minimum absolute atomic E-state index is 0.273. The van der Waals surface area contributed by atoms with Crippen molar-refractivity contribution in [3.63, 3.8) is 0 Å². The summed E-state index contributed by atoms with van der Waals surface area (Å²) in [5.41, 5.74) is 2.79. The predicted molar refractivity (Wildman–Crippen MR) is 112 cm³/mol. The number of esters is 1. The minimum Gasteiger partial charge on any atom is -0.480 e. The third-order valence-corrected chi connectivity index (χ3v) is 5.04. The third-order valence-electron chi connectivity index (χ3n) is 5.04. The molecule has 2 heterocycles. The van der Waals surface area contributed by atoms with Gasteiger partial charge < -0.3 is 24.6 Å². The molecule has 1 N–H and O–H groups in total. The molecule has 1 aliphatic heterocycles. The van der Waals surface area contributed by atoms with Crippen LogP contribution in [0, 0.1) is 0 Å². The maximum atomic E-state index is 11.8. The van der Waals surface area contributed by atoms with Gasteiger partial charge in [-0.1, -0.05) is 0 Å². The van der Waals surface area contributed by atoms with Gasteiger partial charge in [0, 0.05) is 44.6 Å². The number of carbonyl (C=O) groups is 1. The molecule has 1 fully saturated rings. The highest BCUT2D eigenvalue weighted by molar-refractivity contribution is 5.92. The molecule has 0 spiro atoms. The molecule has 0 bridgehead atoms. The van der Waals surface area contributed by atoms with Gasteiger partial charge in [0.25, 0.3) is 0 Å². The summed E-state index contributed by atoms with van der Waals surface area (Å²) in [5.74, 6) is 0.526. The van der Waals surface area contributed by atoms with Crippen LogP contribution in [-0.4, -0.2) is 58.4 Å². The molecule has 0 unspecified atom stereocenters. The molecule has 7 nitrogen and oxygen atoms in total. The summed E-state index contributed by atoms with van der Waals surface area (Å²) in [7, 11) is 6.94. The number of rotatable bonds is 6. The van der Waals surface area contributed by atoms with Gasteiger partial charge in [-0.05, 0) is 49.2 Å². The summed E-state index contributed by atoms with van der Waals surface area (Å²) < 4.78 is 9.99. The fourth-order valence-electron chi connectivity index (χ4n) is 3.39. The van der Waals surface area contributed by atoms with Gasteiger partial charge in [0.1, 0.15) is 11.4 Å². The van der Waals surface area contributed by atoms with E-state index in [4.69, 9.17) is 9.47 Å². The molecule has 28 heavy (non-hydrogen) atoms. The van der Waals surface area contributed by atoms with Crippen LogP contribution in [-0.2, 0) is 4.74 Å². The van der Waals surface area contributed by atoms with Gasteiger partial charge in [-0.25, -0.2) is 4.79 Å². The molecule has 0 aliphatic carbocycles. The van der Waals surface area contributed by atoms with E-state index in [2.05, 4.69) is 44.4 Å². The zero-order chi connectivity index (χ0) is 20.1. The van der Waals surface area contributed by atoms with Gasteiger partial charge in [0.2, 0.25) is 5.88 Å². The van der Waals surface area contributed by atoms with Crippen LogP contribution < -0.4 is 19.9 Å². The van der Waals surface area contributed by atoms with Crippen molar-refractivity contribution in [2.75, 3.05) is 56.5 Å². The molecule has 1 saturated heterocycles. The molecule has 1 aliphatic rings. The molecule has 1 aromatic carbocycles. The second-order valence-electron chi connectivity index (χ2n) is 7.06. The Balaban J connectivity index is 1.59. The quantitative estimate of drug-likeness (QED) is 0.768. The Bertz CT molecular complexity index is 800.